The molecule has 1 atom stereocenters. The second-order valence-corrected chi connectivity index (χ2v) is 4.64. The van der Waals surface area contributed by atoms with E-state index in [1.807, 2.05) is 4.90 Å². The number of carbonyl (C=O) groups excluding carboxylic acids is 1. The maximum atomic E-state index is 13.9. The molecule has 17 heavy (non-hydrogen) atoms. The smallest absolute Gasteiger partial charge is 0.257 e. The Labute approximate surface area is 101 Å². The molecule has 0 radical (unpaired) electrons. The summed E-state index contributed by atoms with van der Waals surface area (Å²) in [6.07, 6.45) is 3.01. The molecule has 0 aliphatic carbocycles. The van der Waals surface area contributed by atoms with Gasteiger partial charge in [0.05, 0.1) is 5.56 Å². The molecule has 2 rings (SSSR count). The van der Waals surface area contributed by atoms with Gasteiger partial charge < -0.3 is 4.90 Å². The highest BCUT2D eigenvalue weighted by Crippen LogP contribution is 2.23. The molecule has 0 saturated carbocycles. The molecule has 1 aromatic carbocycles. The van der Waals surface area contributed by atoms with Crippen LogP contribution in [0.1, 0.15) is 42.1 Å². The highest BCUT2D eigenvalue weighted by atomic mass is 19.1. The second-order valence-electron chi connectivity index (χ2n) is 4.64. The van der Waals surface area contributed by atoms with Crippen molar-refractivity contribution in [3.63, 3.8) is 0 Å². The van der Waals surface area contributed by atoms with Gasteiger partial charge in [-0.05, 0) is 37.8 Å². The van der Waals surface area contributed by atoms with Gasteiger partial charge in [-0.1, -0.05) is 19.1 Å². The van der Waals surface area contributed by atoms with Gasteiger partial charge in [-0.25, -0.2) is 4.39 Å². The summed E-state index contributed by atoms with van der Waals surface area (Å²) in [6.45, 7) is 4.51. The molecule has 92 valence electrons. The summed E-state index contributed by atoms with van der Waals surface area (Å²) in [4.78, 5) is 14.1. The maximum absolute atomic E-state index is 13.9. The van der Waals surface area contributed by atoms with Gasteiger partial charge in [-0.2, -0.15) is 0 Å². The Bertz CT molecular complexity index is 430. The van der Waals surface area contributed by atoms with Gasteiger partial charge in [-0.3, -0.25) is 4.79 Å². The van der Waals surface area contributed by atoms with Crippen LogP contribution in [0, 0.1) is 12.7 Å². The van der Waals surface area contributed by atoms with Crippen LogP contribution >= 0.6 is 0 Å². The molecule has 1 heterocycles. The molecule has 1 aliphatic rings. The van der Waals surface area contributed by atoms with Crippen LogP contribution in [-0.4, -0.2) is 23.4 Å². The predicted molar refractivity (Wildman–Crippen MR) is 65.5 cm³/mol. The van der Waals surface area contributed by atoms with E-state index < -0.39 is 0 Å². The van der Waals surface area contributed by atoms with E-state index in [9.17, 15) is 9.18 Å². The van der Waals surface area contributed by atoms with Crippen molar-refractivity contribution in [2.75, 3.05) is 6.54 Å². The van der Waals surface area contributed by atoms with Crippen LogP contribution in [0.3, 0.4) is 0 Å². The number of nitrogens with zero attached hydrogens (tertiary/aromatic N) is 1. The number of rotatable bonds is 2. The minimum Gasteiger partial charge on any atom is -0.336 e. The Morgan fingerprint density at radius 2 is 2.29 bits per heavy atom. The van der Waals surface area contributed by atoms with Crippen LogP contribution in [0.2, 0.25) is 0 Å². The summed E-state index contributed by atoms with van der Waals surface area (Å²) in [5.41, 5.74) is 0.744. The van der Waals surface area contributed by atoms with Gasteiger partial charge in [0.25, 0.3) is 5.91 Å². The molecular formula is C14H18FNO. The van der Waals surface area contributed by atoms with Gasteiger partial charge in [-0.15, -0.1) is 0 Å². The van der Waals surface area contributed by atoms with Gasteiger partial charge in [0.15, 0.2) is 0 Å². The predicted octanol–water partition coefficient (Wildman–Crippen LogP) is 3.15. The van der Waals surface area contributed by atoms with Crippen LogP contribution < -0.4 is 0 Å². The number of hydrogen-bond acceptors (Lipinski definition) is 1. The van der Waals surface area contributed by atoms with E-state index in [1.54, 1.807) is 25.1 Å². The zero-order chi connectivity index (χ0) is 12.4. The lowest BCUT2D eigenvalue weighted by molar-refractivity contribution is 0.0728. The first-order chi connectivity index (χ1) is 8.15. The van der Waals surface area contributed by atoms with Crippen LogP contribution in [0.25, 0.3) is 0 Å². The van der Waals surface area contributed by atoms with Crippen molar-refractivity contribution in [1.29, 1.82) is 0 Å². The number of benzene rings is 1. The van der Waals surface area contributed by atoms with Crippen molar-refractivity contribution >= 4 is 5.91 Å². The third-order valence-corrected chi connectivity index (χ3v) is 3.53. The van der Waals surface area contributed by atoms with Crippen molar-refractivity contribution in [3.05, 3.63) is 35.1 Å². The molecule has 1 fully saturated rings. The van der Waals surface area contributed by atoms with E-state index in [-0.39, 0.29) is 23.3 Å². The van der Waals surface area contributed by atoms with Crippen molar-refractivity contribution in [1.82, 2.24) is 4.90 Å². The summed E-state index contributed by atoms with van der Waals surface area (Å²) < 4.78 is 13.9. The molecule has 0 N–H and O–H groups in total. The Morgan fingerprint density at radius 3 is 3.00 bits per heavy atom. The summed E-state index contributed by atoms with van der Waals surface area (Å²) in [5, 5.41) is 0. The zero-order valence-electron chi connectivity index (χ0n) is 10.4. The Hall–Kier alpha value is -1.38. The average molecular weight is 235 g/mol. The van der Waals surface area contributed by atoms with Crippen LogP contribution in [0.15, 0.2) is 18.2 Å². The van der Waals surface area contributed by atoms with Gasteiger partial charge in [0, 0.05) is 12.6 Å². The first-order valence-electron chi connectivity index (χ1n) is 6.21. The molecule has 0 bridgehead atoms. The summed E-state index contributed by atoms with van der Waals surface area (Å²) in [7, 11) is 0. The fraction of sp³-hybridized carbons (Fsp3) is 0.500. The minimum atomic E-state index is -0.376. The molecule has 2 nitrogen and oxygen atoms in total. The Kier molecular flexibility index (Phi) is 3.46. The Morgan fingerprint density at radius 1 is 1.53 bits per heavy atom. The van der Waals surface area contributed by atoms with Crippen molar-refractivity contribution in [2.24, 2.45) is 0 Å². The fourth-order valence-electron chi connectivity index (χ4n) is 2.49. The largest absolute Gasteiger partial charge is 0.336 e. The minimum absolute atomic E-state index is 0.157. The molecule has 1 saturated heterocycles. The van der Waals surface area contributed by atoms with Crippen LogP contribution in [0.5, 0.6) is 0 Å². The molecule has 1 amide bonds. The third-order valence-electron chi connectivity index (χ3n) is 3.53. The SMILES string of the molecule is CCC1CCCN1C(=O)c1cccc(C)c1F. The lowest BCUT2D eigenvalue weighted by Crippen LogP contribution is -2.35. The van der Waals surface area contributed by atoms with E-state index >= 15 is 0 Å². The molecule has 0 spiro atoms. The molecule has 3 heteroatoms. The molecule has 1 unspecified atom stereocenters. The summed E-state index contributed by atoms with van der Waals surface area (Å²) in [5.74, 6) is -0.533. The van der Waals surface area contributed by atoms with Gasteiger partial charge in [0.2, 0.25) is 0 Å². The lowest BCUT2D eigenvalue weighted by Gasteiger charge is -2.24. The molecular weight excluding hydrogens is 217 g/mol. The molecule has 0 aromatic heterocycles. The first kappa shape index (κ1) is 12.1. The standard InChI is InChI=1S/C14H18FNO/c1-3-11-7-5-9-16(11)14(17)12-8-4-6-10(2)13(12)15/h4,6,8,11H,3,5,7,9H2,1-2H3. The average Bonchev–Trinajstić information content (AvgIpc) is 2.80. The highest BCUT2D eigenvalue weighted by Gasteiger charge is 2.29. The van der Waals surface area contributed by atoms with Crippen molar-refractivity contribution < 1.29 is 9.18 Å². The number of aryl methyl sites for hydroxylation is 1. The molecule has 1 aliphatic heterocycles. The normalized spacial score (nSPS) is 19.7. The van der Waals surface area contributed by atoms with Crippen molar-refractivity contribution in [2.45, 2.75) is 39.2 Å². The van der Waals surface area contributed by atoms with E-state index in [1.165, 1.54) is 0 Å². The monoisotopic (exact) mass is 235 g/mol. The van der Waals surface area contributed by atoms with Crippen LogP contribution in [0.4, 0.5) is 4.39 Å². The van der Waals surface area contributed by atoms with Crippen LogP contribution in [-0.2, 0) is 0 Å². The molecule has 1 aromatic rings. The number of hydrogen-bond donors (Lipinski definition) is 0. The van der Waals surface area contributed by atoms with Gasteiger partial charge in [0.1, 0.15) is 5.82 Å². The van der Waals surface area contributed by atoms with E-state index in [2.05, 4.69) is 6.92 Å². The number of halogens is 1. The lowest BCUT2D eigenvalue weighted by atomic mass is 10.1. The van der Waals surface area contributed by atoms with E-state index in [4.69, 9.17) is 0 Å². The third kappa shape index (κ3) is 2.19. The summed E-state index contributed by atoms with van der Waals surface area (Å²) >= 11 is 0. The zero-order valence-corrected chi connectivity index (χ0v) is 10.4. The van der Waals surface area contributed by atoms with E-state index in [0.717, 1.165) is 25.8 Å². The maximum Gasteiger partial charge on any atom is 0.257 e. The number of carbonyl (C=O) groups is 1. The first-order valence-corrected chi connectivity index (χ1v) is 6.21. The van der Waals surface area contributed by atoms with Gasteiger partial charge >= 0.3 is 0 Å². The Balaban J connectivity index is 2.28. The number of amides is 1. The van der Waals surface area contributed by atoms with E-state index in [0.29, 0.717) is 5.56 Å². The fourth-order valence-corrected chi connectivity index (χ4v) is 2.49. The van der Waals surface area contributed by atoms with Crippen molar-refractivity contribution in [3.8, 4) is 0 Å². The quantitative estimate of drug-likeness (QED) is 0.771. The highest BCUT2D eigenvalue weighted by molar-refractivity contribution is 5.95. The topological polar surface area (TPSA) is 20.3 Å². The second kappa shape index (κ2) is 4.86. The summed E-state index contributed by atoms with van der Waals surface area (Å²) in [6, 6.07) is 5.29. The number of likely N-dealkylation sites (tertiary alicyclic amines) is 1.